The molecule has 4 nitrogen and oxygen atoms in total. The molecule has 1 amide bonds. The molecule has 98 valence electrons. The maximum atomic E-state index is 12.1. The van der Waals surface area contributed by atoms with Crippen molar-refractivity contribution < 1.29 is 9.53 Å². The summed E-state index contributed by atoms with van der Waals surface area (Å²) >= 11 is 0. The summed E-state index contributed by atoms with van der Waals surface area (Å²) in [4.78, 5) is 13.9. The minimum atomic E-state index is -0.455. The zero-order chi connectivity index (χ0) is 13.3. The van der Waals surface area contributed by atoms with E-state index in [1.54, 1.807) is 7.11 Å². The summed E-state index contributed by atoms with van der Waals surface area (Å²) < 4.78 is 5.19. The average Bonchev–Trinajstić information content (AvgIpc) is 2.69. The number of methoxy groups -OCH3 is 1. The number of fused-ring (bicyclic) bond motifs is 1. The Morgan fingerprint density at radius 2 is 2.06 bits per heavy atom. The molecule has 1 aromatic rings. The highest BCUT2D eigenvalue weighted by Gasteiger charge is 2.26. The molecular formula is C14H20N2O2. The van der Waals surface area contributed by atoms with Gasteiger partial charge in [0.1, 0.15) is 5.75 Å². The van der Waals surface area contributed by atoms with Crippen molar-refractivity contribution in [2.24, 2.45) is 5.73 Å². The Bertz CT molecular complexity index is 463. The van der Waals surface area contributed by atoms with Gasteiger partial charge in [-0.25, -0.2) is 0 Å². The van der Waals surface area contributed by atoms with Gasteiger partial charge in [0, 0.05) is 25.0 Å². The van der Waals surface area contributed by atoms with Gasteiger partial charge in [-0.3, -0.25) is 4.79 Å². The largest absolute Gasteiger partial charge is 0.497 e. The molecule has 0 aliphatic carbocycles. The third kappa shape index (κ3) is 2.82. The number of nitrogens with zero attached hydrogens (tertiary/aromatic N) is 1. The van der Waals surface area contributed by atoms with Gasteiger partial charge in [0.05, 0.1) is 7.11 Å². The number of nitrogens with two attached hydrogens (primary N) is 1. The molecule has 1 aliphatic heterocycles. The van der Waals surface area contributed by atoms with Crippen LogP contribution in [0.25, 0.3) is 0 Å². The van der Waals surface area contributed by atoms with Crippen molar-refractivity contribution in [1.82, 2.24) is 4.90 Å². The van der Waals surface area contributed by atoms with Crippen LogP contribution in [0.15, 0.2) is 18.2 Å². The van der Waals surface area contributed by atoms with Gasteiger partial charge in [-0.05, 0) is 37.1 Å². The highest BCUT2D eigenvalue weighted by Crippen LogP contribution is 2.27. The average molecular weight is 248 g/mol. The third-order valence-corrected chi connectivity index (χ3v) is 3.10. The van der Waals surface area contributed by atoms with Crippen molar-refractivity contribution >= 4 is 5.91 Å². The maximum Gasteiger partial charge on any atom is 0.224 e. The first-order chi connectivity index (χ1) is 8.39. The van der Waals surface area contributed by atoms with E-state index in [2.05, 4.69) is 0 Å². The molecule has 0 atom stereocenters. The molecule has 1 heterocycles. The number of hydrogen-bond acceptors (Lipinski definition) is 3. The van der Waals surface area contributed by atoms with Crippen LogP contribution >= 0.6 is 0 Å². The Kier molecular flexibility index (Phi) is 3.30. The van der Waals surface area contributed by atoms with Crippen molar-refractivity contribution in [3.05, 3.63) is 29.3 Å². The molecule has 0 saturated carbocycles. The highest BCUT2D eigenvalue weighted by atomic mass is 16.5. The summed E-state index contributed by atoms with van der Waals surface area (Å²) in [6, 6.07) is 5.95. The van der Waals surface area contributed by atoms with Crippen molar-refractivity contribution in [3.8, 4) is 5.75 Å². The molecule has 4 heteroatoms. The fraction of sp³-hybridized carbons (Fsp3) is 0.500. The summed E-state index contributed by atoms with van der Waals surface area (Å²) in [7, 11) is 1.65. The summed E-state index contributed by atoms with van der Waals surface area (Å²) in [5.74, 6) is 0.944. The molecule has 0 unspecified atom stereocenters. The van der Waals surface area contributed by atoms with E-state index in [0.717, 1.165) is 11.3 Å². The lowest BCUT2D eigenvalue weighted by atomic mass is 10.0. The molecule has 1 aromatic carbocycles. The normalized spacial score (nSPS) is 14.6. The number of carbonyl (C=O) groups excluding carboxylic acids is 1. The van der Waals surface area contributed by atoms with E-state index in [1.165, 1.54) is 5.56 Å². The Hall–Kier alpha value is -1.55. The van der Waals surface area contributed by atoms with Gasteiger partial charge in [-0.1, -0.05) is 6.07 Å². The molecule has 0 radical (unpaired) electrons. The molecule has 0 bridgehead atoms. The van der Waals surface area contributed by atoms with Crippen molar-refractivity contribution in [2.75, 3.05) is 7.11 Å². The number of hydrogen-bond donors (Lipinski definition) is 1. The molecule has 18 heavy (non-hydrogen) atoms. The smallest absolute Gasteiger partial charge is 0.224 e. The van der Waals surface area contributed by atoms with Gasteiger partial charge in [0.15, 0.2) is 0 Å². The highest BCUT2D eigenvalue weighted by molar-refractivity contribution is 5.78. The monoisotopic (exact) mass is 248 g/mol. The Balaban J connectivity index is 2.08. The molecule has 2 rings (SSSR count). The summed E-state index contributed by atoms with van der Waals surface area (Å²) in [5.41, 5.74) is 7.79. The molecular weight excluding hydrogens is 228 g/mol. The van der Waals surface area contributed by atoms with Crippen LogP contribution in [-0.4, -0.2) is 23.5 Å². The van der Waals surface area contributed by atoms with E-state index in [-0.39, 0.29) is 5.91 Å². The second-order valence-corrected chi connectivity index (χ2v) is 5.55. The maximum absolute atomic E-state index is 12.1. The number of carbonyl (C=O) groups is 1. The van der Waals surface area contributed by atoms with E-state index >= 15 is 0 Å². The lowest BCUT2D eigenvalue weighted by Crippen LogP contribution is -2.39. The van der Waals surface area contributed by atoms with Crippen molar-refractivity contribution in [2.45, 2.75) is 38.9 Å². The van der Waals surface area contributed by atoms with Crippen LogP contribution in [0.1, 0.15) is 31.4 Å². The first kappa shape index (κ1) is 12.9. The number of ether oxygens (including phenoxy) is 1. The Labute approximate surface area is 108 Å². The summed E-state index contributed by atoms with van der Waals surface area (Å²) in [5, 5.41) is 0. The topological polar surface area (TPSA) is 55.6 Å². The lowest BCUT2D eigenvalue weighted by molar-refractivity contribution is -0.132. The van der Waals surface area contributed by atoms with Gasteiger partial charge in [0.2, 0.25) is 5.91 Å². The quantitative estimate of drug-likeness (QED) is 0.885. The SMILES string of the molecule is COc1ccc2c(c1)CN(C(=O)CC(C)(C)N)C2. The summed E-state index contributed by atoms with van der Waals surface area (Å²) in [6.07, 6.45) is 0.373. The van der Waals surface area contributed by atoms with Crippen LogP contribution < -0.4 is 10.5 Å². The van der Waals surface area contributed by atoms with Crippen LogP contribution in [-0.2, 0) is 17.9 Å². The van der Waals surface area contributed by atoms with Gasteiger partial charge in [-0.15, -0.1) is 0 Å². The van der Waals surface area contributed by atoms with E-state index in [0.29, 0.717) is 19.5 Å². The van der Waals surface area contributed by atoms with E-state index in [9.17, 15) is 4.79 Å². The predicted octanol–water partition coefficient (Wildman–Crippen LogP) is 1.66. The minimum Gasteiger partial charge on any atom is -0.497 e. The van der Waals surface area contributed by atoms with E-state index in [1.807, 2.05) is 36.9 Å². The lowest BCUT2D eigenvalue weighted by Gasteiger charge is -2.22. The first-order valence-corrected chi connectivity index (χ1v) is 6.11. The van der Waals surface area contributed by atoms with E-state index < -0.39 is 5.54 Å². The third-order valence-electron chi connectivity index (χ3n) is 3.10. The van der Waals surface area contributed by atoms with Gasteiger partial charge < -0.3 is 15.4 Å². The molecule has 0 aromatic heterocycles. The summed E-state index contributed by atoms with van der Waals surface area (Å²) in [6.45, 7) is 5.07. The molecule has 1 aliphatic rings. The fourth-order valence-corrected chi connectivity index (χ4v) is 2.18. The zero-order valence-electron chi connectivity index (χ0n) is 11.2. The molecule has 0 saturated heterocycles. The van der Waals surface area contributed by atoms with Crippen LogP contribution in [0.4, 0.5) is 0 Å². The van der Waals surface area contributed by atoms with Gasteiger partial charge in [-0.2, -0.15) is 0 Å². The number of amides is 1. The number of rotatable bonds is 3. The molecule has 0 spiro atoms. The minimum absolute atomic E-state index is 0.109. The second-order valence-electron chi connectivity index (χ2n) is 5.55. The standard InChI is InChI=1S/C14H20N2O2/c1-14(2,15)7-13(17)16-8-10-4-5-12(18-3)6-11(10)9-16/h4-6H,7-9,15H2,1-3H3. The van der Waals surface area contributed by atoms with Crippen molar-refractivity contribution in [1.29, 1.82) is 0 Å². The van der Waals surface area contributed by atoms with Crippen LogP contribution in [0.5, 0.6) is 5.75 Å². The molecule has 2 N–H and O–H groups in total. The van der Waals surface area contributed by atoms with Crippen LogP contribution in [0.2, 0.25) is 0 Å². The predicted molar refractivity (Wildman–Crippen MR) is 70.1 cm³/mol. The fourth-order valence-electron chi connectivity index (χ4n) is 2.18. The zero-order valence-corrected chi connectivity index (χ0v) is 11.2. The first-order valence-electron chi connectivity index (χ1n) is 6.11. The second kappa shape index (κ2) is 4.61. The van der Waals surface area contributed by atoms with Crippen LogP contribution in [0.3, 0.4) is 0 Å². The van der Waals surface area contributed by atoms with Gasteiger partial charge >= 0.3 is 0 Å². The number of benzene rings is 1. The molecule has 0 fully saturated rings. The van der Waals surface area contributed by atoms with Crippen LogP contribution in [0, 0.1) is 0 Å². The Morgan fingerprint density at radius 3 is 2.67 bits per heavy atom. The van der Waals surface area contributed by atoms with Crippen molar-refractivity contribution in [3.63, 3.8) is 0 Å². The van der Waals surface area contributed by atoms with E-state index in [4.69, 9.17) is 10.5 Å². The van der Waals surface area contributed by atoms with Gasteiger partial charge in [0.25, 0.3) is 0 Å². The Morgan fingerprint density at radius 1 is 1.39 bits per heavy atom.